The minimum Gasteiger partial charge on any atom is -0.332 e. The summed E-state index contributed by atoms with van der Waals surface area (Å²) in [5, 5.41) is 13.5. The van der Waals surface area contributed by atoms with Crippen molar-refractivity contribution >= 4 is 28.3 Å². The van der Waals surface area contributed by atoms with Crippen molar-refractivity contribution in [3.8, 4) is 0 Å². The van der Waals surface area contributed by atoms with Gasteiger partial charge < -0.3 is 4.90 Å². The topological polar surface area (TPSA) is 61.9 Å². The van der Waals surface area contributed by atoms with Crippen molar-refractivity contribution in [1.29, 1.82) is 0 Å². The van der Waals surface area contributed by atoms with E-state index >= 15 is 0 Å². The molecule has 22 heavy (non-hydrogen) atoms. The lowest BCUT2D eigenvalue weighted by molar-refractivity contribution is 0.0732. The highest BCUT2D eigenvalue weighted by Crippen LogP contribution is 2.22. The average molecular weight is 313 g/mol. The highest BCUT2D eigenvalue weighted by Gasteiger charge is 2.24. The van der Waals surface area contributed by atoms with Crippen LogP contribution in [0.3, 0.4) is 0 Å². The average Bonchev–Trinajstić information content (AvgIpc) is 3.01. The molecule has 1 amide bonds. The molecule has 110 valence electrons. The Bertz CT molecular complexity index is 873. The molecule has 1 aliphatic heterocycles. The predicted octanol–water partition coefficient (Wildman–Crippen LogP) is 2.81. The Morgan fingerprint density at radius 2 is 1.86 bits per heavy atom. The minimum atomic E-state index is 0.0190. The number of nitrogens with one attached hydrogen (secondary N) is 1. The number of benzene rings is 2. The Labute approximate surface area is 131 Å². The lowest BCUT2D eigenvalue weighted by atomic mass is 10.0. The lowest BCUT2D eigenvalue weighted by Gasteiger charge is -2.25. The molecule has 0 fully saturated rings. The number of fused-ring (bicyclic) bond motifs is 2. The van der Waals surface area contributed by atoms with E-state index in [4.69, 9.17) is 11.6 Å². The summed E-state index contributed by atoms with van der Waals surface area (Å²) in [5.41, 5.74) is 2.49. The zero-order valence-electron chi connectivity index (χ0n) is 11.7. The molecule has 1 N–H and O–H groups in total. The van der Waals surface area contributed by atoms with E-state index < -0.39 is 0 Å². The second-order valence-electron chi connectivity index (χ2n) is 5.40. The maximum Gasteiger partial charge on any atom is 0.254 e. The highest BCUT2D eigenvalue weighted by atomic mass is 35.5. The molecule has 0 saturated carbocycles. The molecule has 0 saturated heterocycles. The van der Waals surface area contributed by atoms with Gasteiger partial charge in [-0.3, -0.25) is 4.79 Å². The van der Waals surface area contributed by atoms with Crippen LogP contribution in [-0.2, 0) is 13.0 Å². The Morgan fingerprint density at radius 3 is 2.77 bits per heavy atom. The number of hydrogen-bond donors (Lipinski definition) is 1. The zero-order valence-corrected chi connectivity index (χ0v) is 12.5. The fraction of sp³-hybridized carbons (Fsp3) is 0.188. The molecule has 3 aromatic rings. The van der Waals surface area contributed by atoms with E-state index in [9.17, 15) is 4.79 Å². The van der Waals surface area contributed by atoms with Crippen LogP contribution >= 0.6 is 11.6 Å². The quantitative estimate of drug-likeness (QED) is 0.751. The Kier molecular flexibility index (Phi) is 3.08. The van der Waals surface area contributed by atoms with Gasteiger partial charge in [-0.1, -0.05) is 23.7 Å². The van der Waals surface area contributed by atoms with Crippen LogP contribution in [0.5, 0.6) is 0 Å². The number of carbonyl (C=O) groups excluding carboxylic acids is 1. The maximum atomic E-state index is 12.7. The van der Waals surface area contributed by atoms with Crippen molar-refractivity contribution in [2.75, 3.05) is 6.54 Å². The number of rotatable bonds is 1. The van der Waals surface area contributed by atoms with Gasteiger partial charge in [-0.05, 0) is 35.0 Å². The van der Waals surface area contributed by atoms with Crippen LogP contribution in [-0.4, -0.2) is 32.8 Å². The zero-order chi connectivity index (χ0) is 15.1. The molecule has 0 unspecified atom stereocenters. The van der Waals surface area contributed by atoms with E-state index in [1.807, 2.05) is 41.3 Å². The van der Waals surface area contributed by atoms with Gasteiger partial charge >= 0.3 is 0 Å². The summed E-state index contributed by atoms with van der Waals surface area (Å²) in [5.74, 6) is 0.0190. The summed E-state index contributed by atoms with van der Waals surface area (Å²) in [7, 11) is 0. The van der Waals surface area contributed by atoms with Gasteiger partial charge in [-0.2, -0.15) is 15.4 Å². The summed E-state index contributed by atoms with van der Waals surface area (Å²) in [4.78, 5) is 14.5. The number of nitrogens with zero attached hydrogens (tertiary/aromatic N) is 3. The van der Waals surface area contributed by atoms with Crippen LogP contribution in [0.1, 0.15) is 21.7 Å². The number of carbonyl (C=O) groups is 1. The van der Waals surface area contributed by atoms with Gasteiger partial charge in [-0.15, -0.1) is 0 Å². The van der Waals surface area contributed by atoms with E-state index in [2.05, 4.69) is 15.4 Å². The van der Waals surface area contributed by atoms with Gasteiger partial charge in [0.25, 0.3) is 5.91 Å². The molecule has 0 spiro atoms. The van der Waals surface area contributed by atoms with Crippen LogP contribution in [0.2, 0.25) is 5.02 Å². The number of hydrogen-bond acceptors (Lipinski definition) is 3. The van der Waals surface area contributed by atoms with Gasteiger partial charge in [0.2, 0.25) is 0 Å². The second kappa shape index (κ2) is 5.10. The Balaban J connectivity index is 1.64. The maximum absolute atomic E-state index is 12.7. The largest absolute Gasteiger partial charge is 0.332 e. The fourth-order valence-corrected chi connectivity index (χ4v) is 2.99. The third-order valence-electron chi connectivity index (χ3n) is 4.00. The third-order valence-corrected chi connectivity index (χ3v) is 4.23. The van der Waals surface area contributed by atoms with Crippen LogP contribution in [0.15, 0.2) is 36.4 Å². The van der Waals surface area contributed by atoms with Gasteiger partial charge in [0.05, 0.1) is 12.2 Å². The fourth-order valence-electron chi connectivity index (χ4n) is 2.81. The number of aromatic amines is 1. The number of aromatic nitrogens is 3. The second-order valence-corrected chi connectivity index (χ2v) is 5.84. The van der Waals surface area contributed by atoms with Crippen molar-refractivity contribution in [3.63, 3.8) is 0 Å². The molecule has 2 heterocycles. The first-order valence-electron chi connectivity index (χ1n) is 7.08. The molecular formula is C16H13ClN4O. The third kappa shape index (κ3) is 2.23. The number of halogens is 1. The Hall–Kier alpha value is -2.40. The lowest BCUT2D eigenvalue weighted by Crippen LogP contribution is -2.36. The van der Waals surface area contributed by atoms with Gasteiger partial charge in [0.1, 0.15) is 5.69 Å². The van der Waals surface area contributed by atoms with Crippen LogP contribution in [0.4, 0.5) is 0 Å². The van der Waals surface area contributed by atoms with Gasteiger partial charge in [-0.25, -0.2) is 0 Å². The summed E-state index contributed by atoms with van der Waals surface area (Å²) < 4.78 is 0. The van der Waals surface area contributed by atoms with Crippen LogP contribution in [0, 0.1) is 0 Å². The summed E-state index contributed by atoms with van der Waals surface area (Å²) in [6.45, 7) is 1.17. The first kappa shape index (κ1) is 13.3. The first-order chi connectivity index (χ1) is 10.7. The molecule has 0 bridgehead atoms. The van der Waals surface area contributed by atoms with Crippen molar-refractivity contribution < 1.29 is 4.79 Å². The molecule has 1 aromatic heterocycles. The van der Waals surface area contributed by atoms with E-state index in [0.717, 1.165) is 28.6 Å². The van der Waals surface area contributed by atoms with Crippen LogP contribution in [0.25, 0.3) is 10.8 Å². The van der Waals surface area contributed by atoms with Crippen molar-refractivity contribution in [1.82, 2.24) is 20.3 Å². The molecule has 2 aromatic carbocycles. The summed E-state index contributed by atoms with van der Waals surface area (Å²) in [6, 6.07) is 11.3. The molecule has 4 rings (SSSR count). The number of amides is 1. The number of H-pyrrole nitrogens is 1. The van der Waals surface area contributed by atoms with Crippen molar-refractivity contribution in [2.24, 2.45) is 0 Å². The van der Waals surface area contributed by atoms with Crippen LogP contribution < -0.4 is 0 Å². The molecule has 5 nitrogen and oxygen atoms in total. The summed E-state index contributed by atoms with van der Waals surface area (Å²) >= 11 is 5.99. The van der Waals surface area contributed by atoms with Gasteiger partial charge in [0.15, 0.2) is 0 Å². The van der Waals surface area contributed by atoms with E-state index in [-0.39, 0.29) is 5.91 Å². The normalized spacial score (nSPS) is 14.1. The first-order valence-corrected chi connectivity index (χ1v) is 7.45. The molecule has 0 radical (unpaired) electrons. The Morgan fingerprint density at radius 1 is 1.09 bits per heavy atom. The molecule has 1 aliphatic rings. The standard InChI is InChI=1S/C16H13ClN4O/c17-13-4-3-10-7-12(2-1-11(10)8-13)16(22)21-6-5-14-15(9-21)19-20-18-14/h1-4,7-8H,5-6,9H2,(H,18,19,20). The monoisotopic (exact) mass is 312 g/mol. The van der Waals surface area contributed by atoms with E-state index in [0.29, 0.717) is 23.7 Å². The molecular weight excluding hydrogens is 300 g/mol. The minimum absolute atomic E-state index is 0.0190. The predicted molar refractivity (Wildman–Crippen MR) is 83.8 cm³/mol. The molecule has 0 atom stereocenters. The van der Waals surface area contributed by atoms with E-state index in [1.54, 1.807) is 0 Å². The van der Waals surface area contributed by atoms with Crippen molar-refractivity contribution in [2.45, 2.75) is 13.0 Å². The smallest absolute Gasteiger partial charge is 0.254 e. The van der Waals surface area contributed by atoms with Crippen molar-refractivity contribution in [3.05, 3.63) is 58.4 Å². The highest BCUT2D eigenvalue weighted by molar-refractivity contribution is 6.31. The molecule has 6 heteroatoms. The summed E-state index contributed by atoms with van der Waals surface area (Å²) in [6.07, 6.45) is 0.737. The van der Waals surface area contributed by atoms with E-state index in [1.165, 1.54) is 0 Å². The molecule has 0 aliphatic carbocycles. The SMILES string of the molecule is O=C(c1ccc2cc(Cl)ccc2c1)N1CCc2n[nH]nc2C1. The van der Waals surface area contributed by atoms with Gasteiger partial charge in [0, 0.05) is 23.6 Å².